The predicted molar refractivity (Wildman–Crippen MR) is 103 cm³/mol. The van der Waals surface area contributed by atoms with Gasteiger partial charge in [-0.3, -0.25) is 4.79 Å². The first-order chi connectivity index (χ1) is 12.4. The van der Waals surface area contributed by atoms with Gasteiger partial charge < -0.3 is 14.8 Å². The van der Waals surface area contributed by atoms with E-state index >= 15 is 0 Å². The third-order valence-electron chi connectivity index (χ3n) is 3.63. The molecule has 1 amide bonds. The highest BCUT2D eigenvalue weighted by atomic mass is 35.5. The molecule has 2 aromatic rings. The van der Waals surface area contributed by atoms with Gasteiger partial charge in [-0.1, -0.05) is 35.3 Å². The molecular weight excluding hydrogens is 375 g/mol. The number of nitriles is 1. The molecule has 5 nitrogen and oxygen atoms in total. The molecule has 0 unspecified atom stereocenters. The molecule has 26 heavy (non-hydrogen) atoms. The molecule has 0 saturated carbocycles. The molecule has 0 heterocycles. The van der Waals surface area contributed by atoms with E-state index in [2.05, 4.69) is 5.32 Å². The summed E-state index contributed by atoms with van der Waals surface area (Å²) in [7, 11) is 2.97. The topological polar surface area (TPSA) is 71.3 Å². The maximum atomic E-state index is 12.5. The Hall–Kier alpha value is -2.68. The zero-order valence-electron chi connectivity index (χ0n) is 14.4. The van der Waals surface area contributed by atoms with Gasteiger partial charge in [0.05, 0.1) is 30.0 Å². The fraction of sp³-hybridized carbons (Fsp3) is 0.158. The van der Waals surface area contributed by atoms with Crippen molar-refractivity contribution in [3.05, 3.63) is 57.1 Å². The molecule has 1 N–H and O–H groups in total. The maximum absolute atomic E-state index is 12.5. The minimum Gasteiger partial charge on any atom is -0.493 e. The van der Waals surface area contributed by atoms with Crippen LogP contribution in [-0.4, -0.2) is 20.1 Å². The highest BCUT2D eigenvalue weighted by Crippen LogP contribution is 2.34. The van der Waals surface area contributed by atoms with Gasteiger partial charge in [0.15, 0.2) is 11.5 Å². The van der Waals surface area contributed by atoms with Gasteiger partial charge in [0.1, 0.15) is 11.6 Å². The minimum atomic E-state index is -0.588. The van der Waals surface area contributed by atoms with Crippen molar-refractivity contribution in [2.24, 2.45) is 0 Å². The van der Waals surface area contributed by atoms with Crippen LogP contribution in [0.3, 0.4) is 0 Å². The summed E-state index contributed by atoms with van der Waals surface area (Å²) < 4.78 is 10.4. The lowest BCUT2D eigenvalue weighted by Gasteiger charge is -2.11. The molecule has 0 atom stereocenters. The van der Waals surface area contributed by atoms with Gasteiger partial charge in [0.25, 0.3) is 5.91 Å². The number of anilines is 1. The smallest absolute Gasteiger partial charge is 0.266 e. The molecule has 134 valence electrons. The van der Waals surface area contributed by atoms with Crippen LogP contribution in [0, 0.1) is 18.3 Å². The predicted octanol–water partition coefficient (Wildman–Crippen LogP) is 4.86. The molecule has 0 aliphatic heterocycles. The lowest BCUT2D eigenvalue weighted by molar-refractivity contribution is -0.112. The van der Waals surface area contributed by atoms with Crippen molar-refractivity contribution in [3.63, 3.8) is 0 Å². The van der Waals surface area contributed by atoms with E-state index in [1.165, 1.54) is 20.3 Å². The first-order valence-electron chi connectivity index (χ1n) is 7.51. The standard InChI is InChI=1S/C19H16Cl2N2O3/c1-11-5-4-6-14(20)18(11)23-19(24)13(10-22)7-12-8-16(25-2)17(26-3)9-15(12)21/h4-9H,1-3H3,(H,23,24)/b13-7+. The Labute approximate surface area is 161 Å². The number of nitrogens with zero attached hydrogens (tertiary/aromatic N) is 1. The van der Waals surface area contributed by atoms with Crippen molar-refractivity contribution in [1.29, 1.82) is 5.26 Å². The van der Waals surface area contributed by atoms with E-state index in [0.717, 1.165) is 5.56 Å². The van der Waals surface area contributed by atoms with Gasteiger partial charge in [-0.05, 0) is 36.3 Å². The first-order valence-corrected chi connectivity index (χ1v) is 8.26. The Morgan fingerprint density at radius 2 is 1.81 bits per heavy atom. The van der Waals surface area contributed by atoms with E-state index < -0.39 is 5.91 Å². The van der Waals surface area contributed by atoms with Crippen LogP contribution in [0.25, 0.3) is 6.08 Å². The van der Waals surface area contributed by atoms with E-state index in [0.29, 0.717) is 32.8 Å². The molecule has 0 aliphatic carbocycles. The number of hydrogen-bond donors (Lipinski definition) is 1. The SMILES string of the molecule is COc1cc(Cl)c(/C=C(\C#N)C(=O)Nc2c(C)cccc2Cl)cc1OC. The molecule has 0 bridgehead atoms. The minimum absolute atomic E-state index is 0.126. The second kappa shape index (κ2) is 8.61. The Bertz CT molecular complexity index is 897. The maximum Gasteiger partial charge on any atom is 0.266 e. The fourth-order valence-electron chi connectivity index (χ4n) is 2.26. The summed E-state index contributed by atoms with van der Waals surface area (Å²) in [6.07, 6.45) is 1.38. The number of rotatable bonds is 5. The van der Waals surface area contributed by atoms with E-state index in [4.69, 9.17) is 32.7 Å². The number of methoxy groups -OCH3 is 2. The van der Waals surface area contributed by atoms with Gasteiger partial charge in [-0.15, -0.1) is 0 Å². The van der Waals surface area contributed by atoms with Crippen molar-refractivity contribution in [1.82, 2.24) is 0 Å². The van der Waals surface area contributed by atoms with Gasteiger partial charge in [0.2, 0.25) is 0 Å². The molecular formula is C19H16Cl2N2O3. The molecule has 7 heteroatoms. The van der Waals surface area contributed by atoms with Crippen LogP contribution in [0.5, 0.6) is 11.5 Å². The molecule has 0 aliphatic rings. The molecule has 0 aromatic heterocycles. The van der Waals surface area contributed by atoms with E-state index in [1.807, 2.05) is 19.1 Å². The van der Waals surface area contributed by atoms with Crippen molar-refractivity contribution in [3.8, 4) is 17.6 Å². The summed E-state index contributed by atoms with van der Waals surface area (Å²) in [4.78, 5) is 12.5. The number of nitrogens with one attached hydrogen (secondary N) is 1. The fourth-order valence-corrected chi connectivity index (χ4v) is 2.73. The van der Waals surface area contributed by atoms with Gasteiger partial charge in [0, 0.05) is 6.07 Å². The van der Waals surface area contributed by atoms with E-state index in [1.54, 1.807) is 24.3 Å². The number of carbonyl (C=O) groups excluding carboxylic acids is 1. The number of aryl methyl sites for hydroxylation is 1. The zero-order chi connectivity index (χ0) is 19.3. The molecule has 0 saturated heterocycles. The Morgan fingerprint density at radius 1 is 1.15 bits per heavy atom. The van der Waals surface area contributed by atoms with Gasteiger partial charge >= 0.3 is 0 Å². The lowest BCUT2D eigenvalue weighted by Crippen LogP contribution is -2.14. The third kappa shape index (κ3) is 4.29. The molecule has 0 radical (unpaired) electrons. The number of para-hydroxylation sites is 1. The normalized spacial score (nSPS) is 10.8. The summed E-state index contributed by atoms with van der Waals surface area (Å²) in [5, 5.41) is 12.7. The summed E-state index contributed by atoms with van der Waals surface area (Å²) in [6, 6.07) is 10.3. The third-order valence-corrected chi connectivity index (χ3v) is 4.27. The summed E-state index contributed by atoms with van der Waals surface area (Å²) in [5.74, 6) is 0.293. The number of amides is 1. The summed E-state index contributed by atoms with van der Waals surface area (Å²) in [6.45, 7) is 1.81. The van der Waals surface area contributed by atoms with Crippen LogP contribution in [0.15, 0.2) is 35.9 Å². The van der Waals surface area contributed by atoms with E-state index in [9.17, 15) is 10.1 Å². The van der Waals surface area contributed by atoms with E-state index in [-0.39, 0.29) is 5.57 Å². The molecule has 0 fully saturated rings. The quantitative estimate of drug-likeness (QED) is 0.584. The number of ether oxygens (including phenoxy) is 2. The highest BCUT2D eigenvalue weighted by molar-refractivity contribution is 6.34. The van der Waals surface area contributed by atoms with Crippen LogP contribution in [0.1, 0.15) is 11.1 Å². The average Bonchev–Trinajstić information content (AvgIpc) is 2.63. The van der Waals surface area contributed by atoms with Crippen LogP contribution in [0.2, 0.25) is 10.0 Å². The van der Waals surface area contributed by atoms with Crippen molar-refractivity contribution < 1.29 is 14.3 Å². The lowest BCUT2D eigenvalue weighted by atomic mass is 10.1. The Balaban J connectivity index is 2.39. The Morgan fingerprint density at radius 3 is 2.38 bits per heavy atom. The van der Waals surface area contributed by atoms with Crippen LogP contribution in [-0.2, 0) is 4.79 Å². The number of halogens is 2. The summed E-state index contributed by atoms with van der Waals surface area (Å²) >= 11 is 12.3. The molecule has 0 spiro atoms. The van der Waals surface area contributed by atoms with Gasteiger partial charge in [-0.25, -0.2) is 0 Å². The van der Waals surface area contributed by atoms with Crippen LogP contribution < -0.4 is 14.8 Å². The van der Waals surface area contributed by atoms with Crippen LogP contribution in [0.4, 0.5) is 5.69 Å². The second-order valence-electron chi connectivity index (χ2n) is 5.28. The Kier molecular flexibility index (Phi) is 6.51. The number of hydrogen-bond acceptors (Lipinski definition) is 4. The zero-order valence-corrected chi connectivity index (χ0v) is 15.9. The molecule has 2 rings (SSSR count). The van der Waals surface area contributed by atoms with Crippen molar-refractivity contribution in [2.75, 3.05) is 19.5 Å². The number of carbonyl (C=O) groups is 1. The first kappa shape index (κ1) is 19.6. The monoisotopic (exact) mass is 390 g/mol. The largest absolute Gasteiger partial charge is 0.493 e. The highest BCUT2D eigenvalue weighted by Gasteiger charge is 2.15. The molecule has 2 aromatic carbocycles. The van der Waals surface area contributed by atoms with Crippen LogP contribution >= 0.6 is 23.2 Å². The van der Waals surface area contributed by atoms with Crippen molar-refractivity contribution in [2.45, 2.75) is 6.92 Å². The number of benzene rings is 2. The second-order valence-corrected chi connectivity index (χ2v) is 6.10. The average molecular weight is 391 g/mol. The van der Waals surface area contributed by atoms with Gasteiger partial charge in [-0.2, -0.15) is 5.26 Å². The van der Waals surface area contributed by atoms with Crippen molar-refractivity contribution >= 4 is 40.9 Å². The summed E-state index contributed by atoms with van der Waals surface area (Å²) in [5.41, 5.74) is 1.57.